The maximum Gasteiger partial charge on any atom is 0.249 e. The predicted octanol–water partition coefficient (Wildman–Crippen LogP) is 3.76. The number of ether oxygens (including phenoxy) is 1. The van der Waals surface area contributed by atoms with Crippen molar-refractivity contribution in [2.75, 3.05) is 13.2 Å². The Kier molecular flexibility index (Phi) is 6.96. The van der Waals surface area contributed by atoms with Gasteiger partial charge in [-0.2, -0.15) is 0 Å². The molecule has 1 aromatic carbocycles. The maximum atomic E-state index is 12.1. The van der Waals surface area contributed by atoms with Crippen molar-refractivity contribution in [2.45, 2.75) is 64.5 Å². The average Bonchev–Trinajstić information content (AvgIpc) is 2.98. The number of benzene rings is 1. The highest BCUT2D eigenvalue weighted by Gasteiger charge is 2.38. The summed E-state index contributed by atoms with van der Waals surface area (Å²) in [6.07, 6.45) is 7.12. The van der Waals surface area contributed by atoms with Gasteiger partial charge < -0.3 is 14.7 Å². The molecule has 1 fully saturated rings. The number of carbonyl (C=O) groups is 1. The van der Waals surface area contributed by atoms with Crippen LogP contribution in [0.2, 0.25) is 5.02 Å². The van der Waals surface area contributed by atoms with Gasteiger partial charge in [-0.05, 0) is 31.4 Å². The van der Waals surface area contributed by atoms with Crippen molar-refractivity contribution in [3.05, 3.63) is 22.7 Å². The van der Waals surface area contributed by atoms with Crippen LogP contribution in [0.15, 0.2) is 17.1 Å². The van der Waals surface area contributed by atoms with Crippen LogP contribution in [0.5, 0.6) is 5.75 Å². The lowest BCUT2D eigenvalue weighted by atomic mass is 10.1. The van der Waals surface area contributed by atoms with Gasteiger partial charge >= 0.3 is 0 Å². The Bertz CT molecular complexity index is 708. The molecule has 1 unspecified atom stereocenters. The van der Waals surface area contributed by atoms with Crippen molar-refractivity contribution in [1.82, 2.24) is 10.2 Å². The van der Waals surface area contributed by atoms with Crippen molar-refractivity contribution in [3.8, 4) is 5.75 Å². The summed E-state index contributed by atoms with van der Waals surface area (Å²) in [5, 5.41) is 12.2. The Morgan fingerprint density at radius 3 is 2.74 bits per heavy atom. The first kappa shape index (κ1) is 20.0. The SMILES string of the molecule is CCC1C(=O)NC2=Nc3ccc(OCCCCCCCCO)c(Cl)c3CN21. The number of aliphatic hydroxyl groups excluding tert-OH is 1. The third-order valence-corrected chi connectivity index (χ3v) is 5.53. The van der Waals surface area contributed by atoms with Crippen LogP contribution in [0.1, 0.15) is 57.4 Å². The normalized spacial score (nSPS) is 18.0. The Morgan fingerprint density at radius 1 is 1.26 bits per heavy atom. The van der Waals surface area contributed by atoms with Gasteiger partial charge in [0.25, 0.3) is 0 Å². The number of guanidine groups is 1. The first-order valence-corrected chi connectivity index (χ1v) is 10.2. The maximum absolute atomic E-state index is 12.1. The third kappa shape index (κ3) is 4.55. The number of fused-ring (bicyclic) bond motifs is 2. The topological polar surface area (TPSA) is 74.2 Å². The zero-order valence-corrected chi connectivity index (χ0v) is 16.6. The van der Waals surface area contributed by atoms with Gasteiger partial charge in [0.15, 0.2) is 0 Å². The van der Waals surface area contributed by atoms with Crippen LogP contribution in [-0.4, -0.2) is 41.1 Å². The summed E-state index contributed by atoms with van der Waals surface area (Å²) in [7, 11) is 0. The second kappa shape index (κ2) is 9.42. The van der Waals surface area contributed by atoms with E-state index in [1.165, 1.54) is 0 Å². The predicted molar refractivity (Wildman–Crippen MR) is 107 cm³/mol. The highest BCUT2D eigenvalue weighted by atomic mass is 35.5. The zero-order chi connectivity index (χ0) is 19.2. The lowest BCUT2D eigenvalue weighted by molar-refractivity contribution is -0.121. The molecule has 3 rings (SSSR count). The van der Waals surface area contributed by atoms with Crippen molar-refractivity contribution in [1.29, 1.82) is 0 Å². The number of hydrogen-bond acceptors (Lipinski definition) is 5. The van der Waals surface area contributed by atoms with Crippen LogP contribution >= 0.6 is 11.6 Å². The molecular weight excluding hydrogens is 366 g/mol. The van der Waals surface area contributed by atoms with E-state index in [9.17, 15) is 4.79 Å². The van der Waals surface area contributed by atoms with E-state index in [-0.39, 0.29) is 18.6 Å². The number of rotatable bonds is 10. The van der Waals surface area contributed by atoms with E-state index in [1.807, 2.05) is 24.0 Å². The molecule has 6 nitrogen and oxygen atoms in total. The second-order valence-electron chi connectivity index (χ2n) is 7.05. The molecule has 2 aliphatic rings. The molecule has 0 spiro atoms. The molecule has 0 radical (unpaired) electrons. The number of hydrogen-bond donors (Lipinski definition) is 2. The van der Waals surface area contributed by atoms with Gasteiger partial charge in [0.05, 0.1) is 23.9 Å². The Balaban J connectivity index is 1.56. The minimum absolute atomic E-state index is 0.00404. The number of aliphatic hydroxyl groups is 1. The second-order valence-corrected chi connectivity index (χ2v) is 7.42. The molecule has 27 heavy (non-hydrogen) atoms. The lowest BCUT2D eigenvalue weighted by Gasteiger charge is -2.28. The van der Waals surface area contributed by atoms with E-state index in [0.29, 0.717) is 29.9 Å². The first-order chi connectivity index (χ1) is 13.2. The van der Waals surface area contributed by atoms with Crippen molar-refractivity contribution in [2.24, 2.45) is 4.99 Å². The van der Waals surface area contributed by atoms with Crippen molar-refractivity contribution in [3.63, 3.8) is 0 Å². The number of nitrogens with zero attached hydrogens (tertiary/aromatic N) is 2. The summed E-state index contributed by atoms with van der Waals surface area (Å²) >= 11 is 6.59. The lowest BCUT2D eigenvalue weighted by Crippen LogP contribution is -2.36. The zero-order valence-electron chi connectivity index (χ0n) is 15.8. The summed E-state index contributed by atoms with van der Waals surface area (Å²) in [5.41, 5.74) is 1.71. The van der Waals surface area contributed by atoms with Gasteiger partial charge in [0, 0.05) is 12.2 Å². The van der Waals surface area contributed by atoms with E-state index in [2.05, 4.69) is 10.3 Å². The van der Waals surface area contributed by atoms with Gasteiger partial charge in [0.1, 0.15) is 11.8 Å². The van der Waals surface area contributed by atoms with Gasteiger partial charge in [-0.3, -0.25) is 10.1 Å². The number of halogens is 1. The van der Waals surface area contributed by atoms with Crippen LogP contribution in [0, 0.1) is 0 Å². The molecule has 1 saturated heterocycles. The molecular formula is C20H28ClN3O3. The monoisotopic (exact) mass is 393 g/mol. The molecule has 0 saturated carbocycles. The van der Waals surface area contributed by atoms with Gasteiger partial charge in [-0.1, -0.05) is 44.2 Å². The number of unbranched alkanes of at least 4 members (excludes halogenated alkanes) is 5. The van der Waals surface area contributed by atoms with E-state index in [4.69, 9.17) is 21.4 Å². The number of amides is 1. The highest BCUT2D eigenvalue weighted by Crippen LogP contribution is 2.39. The Morgan fingerprint density at radius 2 is 2.00 bits per heavy atom. The number of carbonyl (C=O) groups excluding carboxylic acids is 1. The van der Waals surface area contributed by atoms with Crippen LogP contribution in [0.3, 0.4) is 0 Å². The van der Waals surface area contributed by atoms with Crippen LogP contribution in [0.4, 0.5) is 5.69 Å². The van der Waals surface area contributed by atoms with E-state index >= 15 is 0 Å². The Labute approximate surface area is 165 Å². The quantitative estimate of drug-likeness (QED) is 0.593. The van der Waals surface area contributed by atoms with E-state index in [1.54, 1.807) is 0 Å². The fourth-order valence-corrected chi connectivity index (χ4v) is 3.86. The number of nitrogens with one attached hydrogen (secondary N) is 1. The largest absolute Gasteiger partial charge is 0.492 e. The van der Waals surface area contributed by atoms with E-state index < -0.39 is 0 Å². The van der Waals surface area contributed by atoms with E-state index in [0.717, 1.165) is 56.2 Å². The number of aliphatic imine (C=N–C) groups is 1. The summed E-state index contributed by atoms with van der Waals surface area (Å²) in [5.74, 6) is 1.29. The fourth-order valence-electron chi connectivity index (χ4n) is 3.58. The molecule has 7 heteroatoms. The molecule has 1 atom stereocenters. The molecule has 0 aliphatic carbocycles. The van der Waals surface area contributed by atoms with Crippen LogP contribution in [-0.2, 0) is 11.3 Å². The fraction of sp³-hybridized carbons (Fsp3) is 0.600. The highest BCUT2D eigenvalue weighted by molar-refractivity contribution is 6.33. The summed E-state index contributed by atoms with van der Waals surface area (Å²) in [6, 6.07) is 3.57. The molecule has 2 heterocycles. The first-order valence-electron chi connectivity index (χ1n) is 9.87. The molecule has 2 N–H and O–H groups in total. The van der Waals surface area contributed by atoms with Crippen LogP contribution in [0.25, 0.3) is 0 Å². The molecule has 1 aromatic rings. The van der Waals surface area contributed by atoms with Gasteiger partial charge in [-0.15, -0.1) is 0 Å². The third-order valence-electron chi connectivity index (χ3n) is 5.12. The molecule has 2 aliphatic heterocycles. The van der Waals surface area contributed by atoms with Gasteiger partial charge in [0.2, 0.25) is 11.9 Å². The van der Waals surface area contributed by atoms with Crippen molar-refractivity contribution >= 4 is 29.2 Å². The molecule has 0 aromatic heterocycles. The molecule has 0 bridgehead atoms. The summed E-state index contributed by atoms with van der Waals surface area (Å²) < 4.78 is 5.89. The smallest absolute Gasteiger partial charge is 0.249 e. The summed E-state index contributed by atoms with van der Waals surface area (Å²) in [6.45, 7) is 3.47. The Hall–Kier alpha value is -1.79. The standard InChI is InChI=1S/C20H28ClN3O3/c1-2-16-19(26)23-20-22-15-9-10-17(18(21)14(15)13-24(16)20)27-12-8-6-4-3-5-7-11-25/h9-10,16,25H,2-8,11-13H2,1H3,(H,22,23,26). The summed E-state index contributed by atoms with van der Waals surface area (Å²) in [4.78, 5) is 18.6. The molecule has 148 valence electrons. The minimum Gasteiger partial charge on any atom is -0.492 e. The molecule has 1 amide bonds. The van der Waals surface area contributed by atoms with Crippen molar-refractivity contribution < 1.29 is 14.6 Å². The van der Waals surface area contributed by atoms with Crippen LogP contribution < -0.4 is 10.1 Å². The van der Waals surface area contributed by atoms with Gasteiger partial charge in [-0.25, -0.2) is 4.99 Å². The minimum atomic E-state index is -0.191. The average molecular weight is 394 g/mol.